The van der Waals surface area contributed by atoms with E-state index in [2.05, 4.69) is 15.6 Å². The number of halogens is 1. The van der Waals surface area contributed by atoms with Gasteiger partial charge in [-0.25, -0.2) is 4.99 Å². The SMILES string of the molecule is CCNC(=NCc1ccc2c(c1)OCO2)NCc1ccc(OCCOC)cc1.I. The molecule has 1 aliphatic heterocycles. The number of methoxy groups -OCH3 is 1. The molecule has 3 rings (SSSR count). The molecule has 29 heavy (non-hydrogen) atoms. The van der Waals surface area contributed by atoms with Crippen LogP contribution in [0.2, 0.25) is 0 Å². The number of guanidine groups is 1. The summed E-state index contributed by atoms with van der Waals surface area (Å²) in [4.78, 5) is 4.65. The molecule has 1 heterocycles. The average Bonchev–Trinajstić information content (AvgIpc) is 3.19. The molecule has 0 radical (unpaired) electrons. The Labute approximate surface area is 188 Å². The molecule has 2 aromatic carbocycles. The van der Waals surface area contributed by atoms with Crippen LogP contribution in [0.15, 0.2) is 47.5 Å². The molecule has 0 bridgehead atoms. The molecule has 158 valence electrons. The molecule has 0 aromatic heterocycles. The fraction of sp³-hybridized carbons (Fsp3) is 0.381. The van der Waals surface area contributed by atoms with Crippen molar-refractivity contribution in [2.45, 2.75) is 20.0 Å². The standard InChI is InChI=1S/C21H27N3O4.HI/c1-3-22-21(24-14-17-6-9-19-20(12-17)28-15-27-19)23-13-16-4-7-18(8-5-16)26-11-10-25-2;/h4-9,12H,3,10-11,13-15H2,1-2H3,(H2,22,23,24);1H. The zero-order valence-corrected chi connectivity index (χ0v) is 19.1. The van der Waals surface area contributed by atoms with Crippen molar-refractivity contribution in [3.8, 4) is 17.2 Å². The summed E-state index contributed by atoms with van der Waals surface area (Å²) < 4.78 is 21.3. The Kier molecular flexibility index (Phi) is 9.85. The first kappa shape index (κ1) is 23.1. The second kappa shape index (κ2) is 12.4. The van der Waals surface area contributed by atoms with Crippen LogP contribution in [0.5, 0.6) is 17.2 Å². The van der Waals surface area contributed by atoms with Crippen LogP contribution in [-0.2, 0) is 17.8 Å². The van der Waals surface area contributed by atoms with Gasteiger partial charge in [-0.3, -0.25) is 0 Å². The lowest BCUT2D eigenvalue weighted by molar-refractivity contribution is 0.146. The minimum Gasteiger partial charge on any atom is -0.491 e. The van der Waals surface area contributed by atoms with E-state index in [0.717, 1.165) is 40.9 Å². The van der Waals surface area contributed by atoms with Crippen LogP contribution in [0.25, 0.3) is 0 Å². The van der Waals surface area contributed by atoms with E-state index in [9.17, 15) is 0 Å². The summed E-state index contributed by atoms with van der Waals surface area (Å²) in [6, 6.07) is 13.9. The third kappa shape index (κ3) is 7.28. The Morgan fingerprint density at radius 1 is 1.00 bits per heavy atom. The molecule has 0 fully saturated rings. The van der Waals surface area contributed by atoms with Gasteiger partial charge >= 0.3 is 0 Å². The van der Waals surface area contributed by atoms with E-state index in [1.807, 2.05) is 49.4 Å². The Morgan fingerprint density at radius 2 is 1.76 bits per heavy atom. The van der Waals surface area contributed by atoms with Crippen molar-refractivity contribution in [1.29, 1.82) is 0 Å². The third-order valence-electron chi connectivity index (χ3n) is 4.14. The van der Waals surface area contributed by atoms with Gasteiger partial charge in [-0.05, 0) is 42.3 Å². The first-order chi connectivity index (χ1) is 13.8. The lowest BCUT2D eigenvalue weighted by atomic mass is 10.2. The molecule has 1 aliphatic rings. The van der Waals surface area contributed by atoms with Gasteiger partial charge in [-0.15, -0.1) is 24.0 Å². The lowest BCUT2D eigenvalue weighted by Crippen LogP contribution is -2.36. The van der Waals surface area contributed by atoms with Crippen LogP contribution in [0.4, 0.5) is 0 Å². The summed E-state index contributed by atoms with van der Waals surface area (Å²) in [6.45, 7) is 5.47. The van der Waals surface area contributed by atoms with Crippen LogP contribution in [0, 0.1) is 0 Å². The van der Waals surface area contributed by atoms with Crippen molar-refractivity contribution < 1.29 is 18.9 Å². The Hall–Kier alpha value is -2.20. The van der Waals surface area contributed by atoms with Gasteiger partial charge < -0.3 is 29.6 Å². The van der Waals surface area contributed by atoms with E-state index >= 15 is 0 Å². The van der Waals surface area contributed by atoms with Gasteiger partial charge in [0.15, 0.2) is 17.5 Å². The van der Waals surface area contributed by atoms with E-state index in [-0.39, 0.29) is 30.8 Å². The Balaban J connectivity index is 0.00000300. The van der Waals surface area contributed by atoms with Gasteiger partial charge in [0.2, 0.25) is 6.79 Å². The Morgan fingerprint density at radius 3 is 2.52 bits per heavy atom. The number of aliphatic imine (C=N–C) groups is 1. The zero-order valence-electron chi connectivity index (χ0n) is 16.8. The normalized spacial score (nSPS) is 12.3. The molecule has 0 aliphatic carbocycles. The molecule has 0 saturated heterocycles. The fourth-order valence-electron chi connectivity index (χ4n) is 2.68. The number of hydrogen-bond donors (Lipinski definition) is 2. The molecule has 0 atom stereocenters. The highest BCUT2D eigenvalue weighted by atomic mass is 127. The molecule has 7 nitrogen and oxygen atoms in total. The van der Waals surface area contributed by atoms with Crippen molar-refractivity contribution in [2.75, 3.05) is 33.7 Å². The van der Waals surface area contributed by atoms with Crippen LogP contribution < -0.4 is 24.8 Å². The lowest BCUT2D eigenvalue weighted by Gasteiger charge is -2.12. The summed E-state index contributed by atoms with van der Waals surface area (Å²) in [6.07, 6.45) is 0. The van der Waals surface area contributed by atoms with Gasteiger partial charge in [-0.1, -0.05) is 18.2 Å². The topological polar surface area (TPSA) is 73.3 Å². The number of hydrogen-bond acceptors (Lipinski definition) is 5. The highest BCUT2D eigenvalue weighted by molar-refractivity contribution is 14.0. The molecular weight excluding hydrogens is 485 g/mol. The minimum absolute atomic E-state index is 0. The average molecular weight is 513 g/mol. The van der Waals surface area contributed by atoms with Gasteiger partial charge in [0, 0.05) is 20.2 Å². The van der Waals surface area contributed by atoms with Crippen molar-refractivity contribution in [1.82, 2.24) is 10.6 Å². The Bertz CT molecular complexity index is 784. The van der Waals surface area contributed by atoms with E-state index in [0.29, 0.717) is 26.3 Å². The predicted molar refractivity (Wildman–Crippen MR) is 123 cm³/mol. The quantitative estimate of drug-likeness (QED) is 0.232. The second-order valence-electron chi connectivity index (χ2n) is 6.22. The number of fused-ring (bicyclic) bond motifs is 1. The smallest absolute Gasteiger partial charge is 0.231 e. The summed E-state index contributed by atoms with van der Waals surface area (Å²) in [5, 5.41) is 6.62. The fourth-order valence-corrected chi connectivity index (χ4v) is 2.68. The molecule has 0 spiro atoms. The van der Waals surface area contributed by atoms with Crippen LogP contribution in [0.3, 0.4) is 0 Å². The molecule has 0 saturated carbocycles. The van der Waals surface area contributed by atoms with Gasteiger partial charge in [0.25, 0.3) is 0 Å². The summed E-state index contributed by atoms with van der Waals surface area (Å²) in [5.41, 5.74) is 2.21. The summed E-state index contributed by atoms with van der Waals surface area (Å²) >= 11 is 0. The second-order valence-corrected chi connectivity index (χ2v) is 6.22. The van der Waals surface area contributed by atoms with Crippen LogP contribution in [0.1, 0.15) is 18.1 Å². The van der Waals surface area contributed by atoms with E-state index in [1.165, 1.54) is 0 Å². The summed E-state index contributed by atoms with van der Waals surface area (Å²) in [7, 11) is 1.66. The van der Waals surface area contributed by atoms with E-state index in [4.69, 9.17) is 18.9 Å². The summed E-state index contributed by atoms with van der Waals surface area (Å²) in [5.74, 6) is 3.16. The van der Waals surface area contributed by atoms with E-state index < -0.39 is 0 Å². The number of rotatable bonds is 9. The van der Waals surface area contributed by atoms with Gasteiger partial charge in [-0.2, -0.15) is 0 Å². The van der Waals surface area contributed by atoms with Crippen molar-refractivity contribution in [3.05, 3.63) is 53.6 Å². The predicted octanol–water partition coefficient (Wildman–Crippen LogP) is 3.31. The monoisotopic (exact) mass is 513 g/mol. The molecular formula is C21H28IN3O4. The molecule has 0 unspecified atom stereocenters. The number of nitrogens with one attached hydrogen (secondary N) is 2. The maximum atomic E-state index is 5.58. The third-order valence-corrected chi connectivity index (χ3v) is 4.14. The van der Waals surface area contributed by atoms with Crippen molar-refractivity contribution in [2.24, 2.45) is 4.99 Å². The van der Waals surface area contributed by atoms with Crippen LogP contribution in [-0.4, -0.2) is 39.6 Å². The van der Waals surface area contributed by atoms with Gasteiger partial charge in [0.1, 0.15) is 12.4 Å². The maximum absolute atomic E-state index is 5.58. The highest BCUT2D eigenvalue weighted by Crippen LogP contribution is 2.32. The van der Waals surface area contributed by atoms with Gasteiger partial charge in [0.05, 0.1) is 13.2 Å². The zero-order chi connectivity index (χ0) is 19.6. The maximum Gasteiger partial charge on any atom is 0.231 e. The largest absolute Gasteiger partial charge is 0.491 e. The molecule has 2 aromatic rings. The van der Waals surface area contributed by atoms with Crippen molar-refractivity contribution >= 4 is 29.9 Å². The minimum atomic E-state index is 0. The first-order valence-corrected chi connectivity index (χ1v) is 9.40. The first-order valence-electron chi connectivity index (χ1n) is 9.40. The molecule has 2 N–H and O–H groups in total. The number of nitrogens with zero attached hydrogens (tertiary/aromatic N) is 1. The molecule has 8 heteroatoms. The van der Waals surface area contributed by atoms with Crippen LogP contribution >= 0.6 is 24.0 Å². The van der Waals surface area contributed by atoms with E-state index in [1.54, 1.807) is 7.11 Å². The van der Waals surface area contributed by atoms with Crippen molar-refractivity contribution in [3.63, 3.8) is 0 Å². The number of benzene rings is 2. The highest BCUT2D eigenvalue weighted by Gasteiger charge is 2.12. The number of ether oxygens (including phenoxy) is 4. The molecule has 0 amide bonds.